The summed E-state index contributed by atoms with van der Waals surface area (Å²) in [4.78, 5) is 22.0. The molecule has 0 aromatic heterocycles. The molecule has 0 radical (unpaired) electrons. The highest BCUT2D eigenvalue weighted by Gasteiger charge is 1.97. The smallest absolute Gasteiger partial charge is 0.330 e. The molecule has 0 rings (SSSR count). The minimum Gasteiger partial charge on any atom is -0.463 e. The van der Waals surface area contributed by atoms with Gasteiger partial charge in [-0.05, 0) is 26.7 Å². The van der Waals surface area contributed by atoms with Crippen molar-refractivity contribution in [3.63, 3.8) is 0 Å². The summed E-state index contributed by atoms with van der Waals surface area (Å²) in [5.41, 5.74) is 0. The van der Waals surface area contributed by atoms with Crippen LogP contribution in [-0.2, 0) is 19.1 Å². The van der Waals surface area contributed by atoms with E-state index < -0.39 is 0 Å². The van der Waals surface area contributed by atoms with Crippen molar-refractivity contribution in [1.82, 2.24) is 0 Å². The Kier molecular flexibility index (Phi) is 12.7. The van der Waals surface area contributed by atoms with Crippen LogP contribution in [-0.4, -0.2) is 25.2 Å². The van der Waals surface area contributed by atoms with Gasteiger partial charge in [0.15, 0.2) is 0 Å². The monoisotopic (exact) mass is 282 g/mol. The molecule has 0 aromatic rings. The van der Waals surface area contributed by atoms with Gasteiger partial charge in [0, 0.05) is 12.2 Å². The lowest BCUT2D eigenvalue weighted by atomic mass is 10.1. The summed E-state index contributed by atoms with van der Waals surface area (Å²) in [5.74, 6) is -0.536. The molecule has 4 nitrogen and oxygen atoms in total. The molecule has 0 aliphatic heterocycles. The number of hydrogen-bond donors (Lipinski definition) is 0. The fraction of sp³-hybridized carbons (Fsp3) is 0.625. The van der Waals surface area contributed by atoms with Gasteiger partial charge in [0.1, 0.15) is 0 Å². The van der Waals surface area contributed by atoms with Crippen LogP contribution in [0, 0.1) is 0 Å². The van der Waals surface area contributed by atoms with Crippen LogP contribution in [0.15, 0.2) is 24.3 Å². The summed E-state index contributed by atoms with van der Waals surface area (Å²) in [6.07, 6.45) is 12.3. The third-order valence-electron chi connectivity index (χ3n) is 2.63. The molecule has 0 heterocycles. The van der Waals surface area contributed by atoms with Crippen molar-refractivity contribution in [2.24, 2.45) is 0 Å². The number of carbonyl (C=O) groups excluding carboxylic acids is 2. The molecule has 0 N–H and O–H groups in total. The van der Waals surface area contributed by atoms with Crippen LogP contribution in [0.2, 0.25) is 0 Å². The van der Waals surface area contributed by atoms with E-state index >= 15 is 0 Å². The zero-order valence-electron chi connectivity index (χ0n) is 12.6. The van der Waals surface area contributed by atoms with Gasteiger partial charge in [0.05, 0.1) is 13.2 Å². The molecular weight excluding hydrogens is 256 g/mol. The fourth-order valence-electron chi connectivity index (χ4n) is 1.63. The first kappa shape index (κ1) is 18.4. The van der Waals surface area contributed by atoms with Gasteiger partial charge < -0.3 is 9.47 Å². The topological polar surface area (TPSA) is 52.6 Å². The zero-order chi connectivity index (χ0) is 15.1. The fourth-order valence-corrected chi connectivity index (χ4v) is 1.63. The van der Waals surface area contributed by atoms with E-state index in [0.717, 1.165) is 38.5 Å². The maximum absolute atomic E-state index is 11.0. The minimum atomic E-state index is -0.268. The number of rotatable bonds is 11. The van der Waals surface area contributed by atoms with Crippen LogP contribution in [0.25, 0.3) is 0 Å². The number of hydrogen-bond acceptors (Lipinski definition) is 4. The van der Waals surface area contributed by atoms with Crippen LogP contribution in [0.3, 0.4) is 0 Å². The highest BCUT2D eigenvalue weighted by molar-refractivity contribution is 5.82. The molecule has 0 saturated heterocycles. The summed E-state index contributed by atoms with van der Waals surface area (Å²) < 4.78 is 9.97. The Labute approximate surface area is 121 Å². The summed E-state index contributed by atoms with van der Waals surface area (Å²) in [5, 5.41) is 0. The van der Waals surface area contributed by atoms with Crippen molar-refractivity contribution in [2.45, 2.75) is 52.4 Å². The number of esters is 2. The quantitative estimate of drug-likeness (QED) is 0.330. The second-order valence-corrected chi connectivity index (χ2v) is 4.46. The van der Waals surface area contributed by atoms with Crippen molar-refractivity contribution in [3.8, 4) is 0 Å². The first-order valence-corrected chi connectivity index (χ1v) is 7.29. The van der Waals surface area contributed by atoms with Crippen LogP contribution in [0.4, 0.5) is 0 Å². The highest BCUT2D eigenvalue weighted by Crippen LogP contribution is 2.06. The predicted molar refractivity (Wildman–Crippen MR) is 79.2 cm³/mol. The second-order valence-electron chi connectivity index (χ2n) is 4.46. The Hall–Kier alpha value is -1.58. The van der Waals surface area contributed by atoms with Gasteiger partial charge in [-0.2, -0.15) is 0 Å². The molecule has 0 aliphatic carbocycles. The summed E-state index contributed by atoms with van der Waals surface area (Å²) >= 11 is 0. The molecule has 0 bridgehead atoms. The number of carbonyl (C=O) groups is 2. The summed E-state index contributed by atoms with van der Waals surface area (Å²) in [7, 11) is 0. The molecule has 0 aromatic carbocycles. The number of allylic oxidation sites excluding steroid dienone is 2. The zero-order valence-corrected chi connectivity index (χ0v) is 12.6. The van der Waals surface area contributed by atoms with Gasteiger partial charge in [-0.1, -0.05) is 37.8 Å². The average molecular weight is 282 g/mol. The van der Waals surface area contributed by atoms with Gasteiger partial charge in [0.25, 0.3) is 0 Å². The third kappa shape index (κ3) is 12.9. The largest absolute Gasteiger partial charge is 0.463 e. The maximum atomic E-state index is 11.0. The average Bonchev–Trinajstić information content (AvgIpc) is 2.41. The van der Waals surface area contributed by atoms with Gasteiger partial charge in [-0.25, -0.2) is 9.59 Å². The molecule has 20 heavy (non-hydrogen) atoms. The van der Waals surface area contributed by atoms with E-state index in [1.807, 2.05) is 0 Å². The van der Waals surface area contributed by atoms with Crippen LogP contribution in [0.1, 0.15) is 52.4 Å². The van der Waals surface area contributed by atoms with Crippen molar-refractivity contribution in [2.75, 3.05) is 13.2 Å². The van der Waals surface area contributed by atoms with Gasteiger partial charge in [-0.15, -0.1) is 0 Å². The molecule has 0 amide bonds. The molecule has 0 atom stereocenters. The van der Waals surface area contributed by atoms with Gasteiger partial charge in [0.2, 0.25) is 0 Å². The Balaban J connectivity index is 3.21. The van der Waals surface area contributed by atoms with Gasteiger partial charge in [-0.3, -0.25) is 0 Å². The van der Waals surface area contributed by atoms with Crippen molar-refractivity contribution in [3.05, 3.63) is 24.3 Å². The molecule has 0 fully saturated rings. The van der Waals surface area contributed by atoms with E-state index in [9.17, 15) is 9.59 Å². The van der Waals surface area contributed by atoms with E-state index in [1.54, 1.807) is 26.0 Å². The van der Waals surface area contributed by atoms with E-state index in [0.29, 0.717) is 13.2 Å². The van der Waals surface area contributed by atoms with Crippen molar-refractivity contribution >= 4 is 11.9 Å². The Bertz CT molecular complexity index is 286. The molecule has 0 aliphatic rings. The normalized spacial score (nSPS) is 11.1. The minimum absolute atomic E-state index is 0.268. The van der Waals surface area contributed by atoms with E-state index in [-0.39, 0.29) is 11.9 Å². The van der Waals surface area contributed by atoms with E-state index in [1.165, 1.54) is 12.2 Å². The lowest BCUT2D eigenvalue weighted by molar-refractivity contribution is -0.138. The lowest BCUT2D eigenvalue weighted by Crippen LogP contribution is -2.02. The third-order valence-corrected chi connectivity index (χ3v) is 2.63. The Morgan fingerprint density at radius 1 is 0.700 bits per heavy atom. The van der Waals surface area contributed by atoms with E-state index in [4.69, 9.17) is 9.47 Å². The predicted octanol–water partition coefficient (Wildman–Crippen LogP) is 3.57. The molecule has 0 unspecified atom stereocenters. The summed E-state index contributed by atoms with van der Waals surface area (Å²) in [6.45, 7) is 4.56. The lowest BCUT2D eigenvalue weighted by Gasteiger charge is -2.03. The van der Waals surface area contributed by atoms with Gasteiger partial charge >= 0.3 is 11.9 Å². The molecule has 0 saturated carbocycles. The van der Waals surface area contributed by atoms with Crippen molar-refractivity contribution < 1.29 is 19.1 Å². The maximum Gasteiger partial charge on any atom is 0.330 e. The second kappa shape index (κ2) is 13.8. The summed E-state index contributed by atoms with van der Waals surface area (Å²) in [6, 6.07) is 0. The van der Waals surface area contributed by atoms with Crippen LogP contribution in [0.5, 0.6) is 0 Å². The highest BCUT2D eigenvalue weighted by atomic mass is 16.5. The SMILES string of the molecule is CC=CC(=O)OCCCCCCCCOC(=O)C=CC. The molecule has 114 valence electrons. The van der Waals surface area contributed by atoms with Crippen LogP contribution < -0.4 is 0 Å². The molecule has 4 heteroatoms. The molecular formula is C16H26O4. The van der Waals surface area contributed by atoms with E-state index in [2.05, 4.69) is 0 Å². The molecule has 0 spiro atoms. The first-order valence-electron chi connectivity index (χ1n) is 7.29. The standard InChI is InChI=1S/C16H26O4/c1-3-11-15(17)19-13-9-7-5-6-8-10-14-20-16(18)12-4-2/h3-4,11-12H,5-10,13-14H2,1-2H3. The Morgan fingerprint density at radius 2 is 1.05 bits per heavy atom. The first-order chi connectivity index (χ1) is 9.70. The van der Waals surface area contributed by atoms with Crippen molar-refractivity contribution in [1.29, 1.82) is 0 Å². The number of unbranched alkanes of at least 4 members (excludes halogenated alkanes) is 5. The Morgan fingerprint density at radius 3 is 1.40 bits per heavy atom. The van der Waals surface area contributed by atoms with Crippen LogP contribution >= 0.6 is 0 Å². The number of ether oxygens (including phenoxy) is 2.